The van der Waals surface area contributed by atoms with Crippen LogP contribution in [0.4, 0.5) is 0 Å². The number of carbonyl (C=O) groups excluding carboxylic acids is 1. The second-order valence-corrected chi connectivity index (χ2v) is 4.99. The molecule has 4 N–H and O–H groups in total. The normalized spacial score (nSPS) is 13.3. The number of fused-ring (bicyclic) bond motifs is 1. The van der Waals surface area contributed by atoms with Crippen molar-refractivity contribution in [2.24, 2.45) is 0 Å². The van der Waals surface area contributed by atoms with Gasteiger partial charge in [-0.1, -0.05) is 6.07 Å². The average Bonchev–Trinajstić information content (AvgIpc) is 2.98. The molecule has 0 fully saturated rings. The summed E-state index contributed by atoms with van der Waals surface area (Å²) in [5.74, 6) is 0.983. The number of amides is 1. The van der Waals surface area contributed by atoms with Crippen LogP contribution >= 0.6 is 0 Å². The quantitative estimate of drug-likeness (QED) is 0.524. The zero-order chi connectivity index (χ0) is 15.3. The van der Waals surface area contributed by atoms with Gasteiger partial charge in [0, 0.05) is 6.42 Å². The molecule has 0 aromatic heterocycles. The monoisotopic (exact) mass is 297 g/mol. The fraction of sp³-hybridized carbons (Fsp3) is 0.500. The smallest absolute Gasteiger partial charge is 0.231 e. The van der Waals surface area contributed by atoms with Crippen LogP contribution < -0.4 is 14.8 Å². The van der Waals surface area contributed by atoms with E-state index in [1.165, 1.54) is 0 Å². The van der Waals surface area contributed by atoms with E-state index in [2.05, 4.69) is 5.32 Å². The van der Waals surface area contributed by atoms with Crippen LogP contribution in [-0.2, 0) is 11.2 Å². The highest BCUT2D eigenvalue weighted by Gasteiger charge is 2.29. The number of aliphatic hydroxyl groups excluding tert-OH is 3. The van der Waals surface area contributed by atoms with E-state index in [1.54, 1.807) is 6.07 Å². The molecule has 0 saturated heterocycles. The molecule has 0 aliphatic carbocycles. The first-order valence-corrected chi connectivity index (χ1v) is 6.64. The first-order valence-electron chi connectivity index (χ1n) is 6.64. The Morgan fingerprint density at radius 1 is 1.14 bits per heavy atom. The average molecular weight is 297 g/mol. The molecule has 1 amide bonds. The molecular weight excluding hydrogens is 278 g/mol. The van der Waals surface area contributed by atoms with Crippen LogP contribution in [0.1, 0.15) is 12.0 Å². The van der Waals surface area contributed by atoms with Gasteiger partial charge in [0.1, 0.15) is 5.54 Å². The van der Waals surface area contributed by atoms with Crippen molar-refractivity contribution in [1.82, 2.24) is 5.32 Å². The summed E-state index contributed by atoms with van der Waals surface area (Å²) in [5, 5.41) is 29.9. The number of rotatable bonds is 7. The summed E-state index contributed by atoms with van der Waals surface area (Å²) in [7, 11) is 0. The fourth-order valence-corrected chi connectivity index (χ4v) is 1.98. The van der Waals surface area contributed by atoms with E-state index in [1.807, 2.05) is 12.1 Å². The van der Waals surface area contributed by atoms with Gasteiger partial charge in [0.05, 0.1) is 19.8 Å². The summed E-state index contributed by atoms with van der Waals surface area (Å²) >= 11 is 0. The second-order valence-electron chi connectivity index (χ2n) is 4.99. The van der Waals surface area contributed by atoms with Gasteiger partial charge in [0.15, 0.2) is 11.5 Å². The van der Waals surface area contributed by atoms with Gasteiger partial charge in [0.25, 0.3) is 0 Å². The van der Waals surface area contributed by atoms with E-state index in [-0.39, 0.29) is 19.1 Å². The lowest BCUT2D eigenvalue weighted by atomic mass is 10.0. The highest BCUT2D eigenvalue weighted by Crippen LogP contribution is 2.32. The number of carbonyl (C=O) groups is 1. The molecule has 2 rings (SSSR count). The first kappa shape index (κ1) is 15.6. The zero-order valence-electron chi connectivity index (χ0n) is 11.5. The van der Waals surface area contributed by atoms with Crippen LogP contribution in [-0.4, -0.2) is 53.4 Å². The van der Waals surface area contributed by atoms with Crippen LogP contribution in [0.15, 0.2) is 18.2 Å². The summed E-state index contributed by atoms with van der Waals surface area (Å²) in [4.78, 5) is 11.8. The number of aryl methyl sites for hydroxylation is 1. The van der Waals surface area contributed by atoms with Crippen LogP contribution in [0, 0.1) is 0 Å². The van der Waals surface area contributed by atoms with E-state index in [0.717, 1.165) is 5.56 Å². The third kappa shape index (κ3) is 3.63. The van der Waals surface area contributed by atoms with Crippen molar-refractivity contribution in [2.45, 2.75) is 18.4 Å². The molecule has 7 nitrogen and oxygen atoms in total. The molecule has 0 atom stereocenters. The van der Waals surface area contributed by atoms with Gasteiger partial charge < -0.3 is 30.1 Å². The largest absolute Gasteiger partial charge is 0.454 e. The van der Waals surface area contributed by atoms with Gasteiger partial charge in [-0.15, -0.1) is 0 Å². The maximum absolute atomic E-state index is 11.8. The SMILES string of the molecule is O=C(CCc1ccc2c(c1)OCO2)NC(CO)(CO)CO. The highest BCUT2D eigenvalue weighted by atomic mass is 16.7. The van der Waals surface area contributed by atoms with Crippen molar-refractivity contribution >= 4 is 5.91 Å². The first-order chi connectivity index (χ1) is 10.1. The number of benzene rings is 1. The summed E-state index contributed by atoms with van der Waals surface area (Å²) in [6.07, 6.45) is 0.641. The van der Waals surface area contributed by atoms with E-state index in [4.69, 9.17) is 24.8 Å². The lowest BCUT2D eigenvalue weighted by Gasteiger charge is -2.28. The minimum atomic E-state index is -1.38. The predicted octanol–water partition coefficient (Wildman–Crippen LogP) is -0.820. The number of hydrogen-bond acceptors (Lipinski definition) is 6. The van der Waals surface area contributed by atoms with Crippen LogP contribution in [0.25, 0.3) is 0 Å². The summed E-state index contributed by atoms with van der Waals surface area (Å²) in [6.45, 7) is -1.40. The minimum absolute atomic E-state index is 0.168. The van der Waals surface area contributed by atoms with Crippen LogP contribution in [0.5, 0.6) is 11.5 Å². The molecule has 21 heavy (non-hydrogen) atoms. The van der Waals surface area contributed by atoms with Gasteiger partial charge in [-0.2, -0.15) is 0 Å². The topological polar surface area (TPSA) is 108 Å². The highest BCUT2D eigenvalue weighted by molar-refractivity contribution is 5.77. The molecule has 0 spiro atoms. The Balaban J connectivity index is 1.89. The van der Waals surface area contributed by atoms with E-state index >= 15 is 0 Å². The van der Waals surface area contributed by atoms with Crippen molar-refractivity contribution in [3.8, 4) is 11.5 Å². The Kier molecular flexibility index (Phi) is 5.00. The van der Waals surface area contributed by atoms with Crippen molar-refractivity contribution in [3.05, 3.63) is 23.8 Å². The Morgan fingerprint density at radius 2 is 1.81 bits per heavy atom. The van der Waals surface area contributed by atoms with E-state index < -0.39 is 25.4 Å². The lowest BCUT2D eigenvalue weighted by Crippen LogP contribution is -2.57. The van der Waals surface area contributed by atoms with Crippen molar-refractivity contribution in [3.63, 3.8) is 0 Å². The van der Waals surface area contributed by atoms with Crippen LogP contribution in [0.2, 0.25) is 0 Å². The standard InChI is InChI=1S/C14H19NO6/c16-6-14(7-17,8-18)15-13(19)4-2-10-1-3-11-12(5-10)21-9-20-11/h1,3,5,16-18H,2,4,6-9H2,(H,15,19). The van der Waals surface area contributed by atoms with Crippen LogP contribution in [0.3, 0.4) is 0 Å². The number of ether oxygens (including phenoxy) is 2. The molecule has 0 radical (unpaired) electrons. The summed E-state index contributed by atoms with van der Waals surface area (Å²) < 4.78 is 10.5. The van der Waals surface area contributed by atoms with Gasteiger partial charge in [0.2, 0.25) is 12.7 Å². The van der Waals surface area contributed by atoms with E-state index in [0.29, 0.717) is 17.9 Å². The predicted molar refractivity (Wildman–Crippen MR) is 73.0 cm³/mol. The fourth-order valence-electron chi connectivity index (χ4n) is 1.98. The second kappa shape index (κ2) is 6.75. The third-order valence-corrected chi connectivity index (χ3v) is 3.39. The Labute approximate surface area is 122 Å². The molecule has 0 saturated carbocycles. The zero-order valence-corrected chi connectivity index (χ0v) is 11.5. The van der Waals surface area contributed by atoms with Gasteiger partial charge in [-0.3, -0.25) is 4.79 Å². The van der Waals surface area contributed by atoms with Gasteiger partial charge in [-0.05, 0) is 24.1 Å². The van der Waals surface area contributed by atoms with Gasteiger partial charge in [-0.25, -0.2) is 0 Å². The van der Waals surface area contributed by atoms with Crippen molar-refractivity contribution < 1.29 is 29.6 Å². The molecule has 7 heteroatoms. The molecule has 116 valence electrons. The summed E-state index contributed by atoms with van der Waals surface area (Å²) in [6, 6.07) is 5.44. The summed E-state index contributed by atoms with van der Waals surface area (Å²) in [5.41, 5.74) is -0.469. The maximum Gasteiger partial charge on any atom is 0.231 e. The number of hydrogen-bond donors (Lipinski definition) is 4. The van der Waals surface area contributed by atoms with Gasteiger partial charge >= 0.3 is 0 Å². The molecule has 0 bridgehead atoms. The Bertz CT molecular complexity index is 492. The molecule has 0 unspecified atom stereocenters. The Hall–Kier alpha value is -1.83. The molecule has 1 aromatic carbocycles. The molecule has 1 aromatic rings. The molecule has 1 aliphatic heterocycles. The number of aliphatic hydroxyl groups is 3. The van der Waals surface area contributed by atoms with Crippen molar-refractivity contribution in [2.75, 3.05) is 26.6 Å². The van der Waals surface area contributed by atoms with Crippen molar-refractivity contribution in [1.29, 1.82) is 0 Å². The lowest BCUT2D eigenvalue weighted by molar-refractivity contribution is -0.125. The molecular formula is C14H19NO6. The number of nitrogens with one attached hydrogen (secondary N) is 1. The maximum atomic E-state index is 11.8. The Morgan fingerprint density at radius 3 is 2.48 bits per heavy atom. The minimum Gasteiger partial charge on any atom is -0.454 e. The third-order valence-electron chi connectivity index (χ3n) is 3.39. The molecule has 1 aliphatic rings. The molecule has 1 heterocycles. The van der Waals surface area contributed by atoms with E-state index in [9.17, 15) is 4.79 Å².